The molecular weight excluding hydrogens is 781 g/mol. The summed E-state index contributed by atoms with van der Waals surface area (Å²) in [6.45, 7) is 6.56. The van der Waals surface area contributed by atoms with Crippen LogP contribution in [0.4, 0.5) is 0 Å². The lowest BCUT2D eigenvalue weighted by molar-refractivity contribution is -0.167. The van der Waals surface area contributed by atoms with Gasteiger partial charge in [-0.3, -0.25) is 14.4 Å². The van der Waals surface area contributed by atoms with E-state index < -0.39 is 6.10 Å². The van der Waals surface area contributed by atoms with Crippen molar-refractivity contribution in [1.82, 2.24) is 0 Å². The second-order valence-corrected chi connectivity index (χ2v) is 17.8. The van der Waals surface area contributed by atoms with E-state index >= 15 is 0 Å². The van der Waals surface area contributed by atoms with Gasteiger partial charge in [0.1, 0.15) is 13.2 Å². The Hall–Kier alpha value is -2.89. The van der Waals surface area contributed by atoms with Crippen molar-refractivity contribution in [3.8, 4) is 0 Å². The summed E-state index contributed by atoms with van der Waals surface area (Å²) in [6, 6.07) is 0. The van der Waals surface area contributed by atoms with Gasteiger partial charge in [0.15, 0.2) is 6.10 Å². The normalized spacial score (nSPS) is 12.5. The summed E-state index contributed by atoms with van der Waals surface area (Å²) in [5.74, 6) is -0.913. The van der Waals surface area contributed by atoms with Crippen LogP contribution in [0.3, 0.4) is 0 Å². The van der Waals surface area contributed by atoms with Crippen LogP contribution >= 0.6 is 0 Å². The maximum Gasteiger partial charge on any atom is 0.306 e. The number of allylic oxidation sites excluding steroid dienone is 10. The Morgan fingerprint density at radius 2 is 0.571 bits per heavy atom. The summed E-state index contributed by atoms with van der Waals surface area (Å²) in [4.78, 5) is 38.0. The van der Waals surface area contributed by atoms with E-state index in [9.17, 15) is 14.4 Å². The lowest BCUT2D eigenvalue weighted by Gasteiger charge is -2.18. The van der Waals surface area contributed by atoms with Gasteiger partial charge < -0.3 is 14.2 Å². The number of unbranched alkanes of at least 4 members (excludes halogenated alkanes) is 27. The monoisotopic (exact) mass is 881 g/mol. The van der Waals surface area contributed by atoms with E-state index in [4.69, 9.17) is 14.2 Å². The highest BCUT2D eigenvalue weighted by atomic mass is 16.6. The number of carbonyl (C=O) groups excluding carboxylic acids is 3. The summed E-state index contributed by atoms with van der Waals surface area (Å²) in [5.41, 5.74) is 0. The van der Waals surface area contributed by atoms with Crippen molar-refractivity contribution in [2.45, 2.75) is 271 Å². The maximum atomic E-state index is 12.8. The Morgan fingerprint density at radius 1 is 0.317 bits per heavy atom. The van der Waals surface area contributed by atoms with E-state index in [1.165, 1.54) is 122 Å². The fraction of sp³-hybridized carbons (Fsp3) is 0.772. The lowest BCUT2D eigenvalue weighted by atomic mass is 10.1. The van der Waals surface area contributed by atoms with Gasteiger partial charge in [0, 0.05) is 19.3 Å². The Balaban J connectivity index is 4.43. The Kier molecular flexibility index (Phi) is 49.4. The number of hydrogen-bond donors (Lipinski definition) is 0. The van der Waals surface area contributed by atoms with Crippen LogP contribution in [-0.4, -0.2) is 37.2 Å². The molecule has 0 aliphatic carbocycles. The molecule has 364 valence electrons. The highest BCUT2D eigenvalue weighted by Gasteiger charge is 2.19. The lowest BCUT2D eigenvalue weighted by Crippen LogP contribution is -2.30. The van der Waals surface area contributed by atoms with Crippen LogP contribution < -0.4 is 0 Å². The quantitative estimate of drug-likeness (QED) is 0.0262. The molecule has 0 fully saturated rings. The Bertz CT molecular complexity index is 1150. The van der Waals surface area contributed by atoms with Gasteiger partial charge in [-0.2, -0.15) is 0 Å². The summed E-state index contributed by atoms with van der Waals surface area (Å²) in [7, 11) is 0. The van der Waals surface area contributed by atoms with Gasteiger partial charge >= 0.3 is 17.9 Å². The molecule has 0 aromatic heterocycles. The zero-order valence-corrected chi connectivity index (χ0v) is 41.6. The van der Waals surface area contributed by atoms with Crippen LogP contribution in [0, 0.1) is 0 Å². The van der Waals surface area contributed by atoms with Crippen molar-refractivity contribution < 1.29 is 28.6 Å². The first-order chi connectivity index (χ1) is 31.0. The van der Waals surface area contributed by atoms with E-state index in [-0.39, 0.29) is 31.1 Å². The molecule has 0 aliphatic heterocycles. The van der Waals surface area contributed by atoms with Crippen LogP contribution in [0.1, 0.15) is 265 Å². The van der Waals surface area contributed by atoms with Crippen molar-refractivity contribution in [3.63, 3.8) is 0 Å². The molecule has 0 amide bonds. The Labute approximate surface area is 390 Å². The molecule has 0 heterocycles. The molecule has 0 saturated carbocycles. The first kappa shape index (κ1) is 60.1. The van der Waals surface area contributed by atoms with Gasteiger partial charge in [0.05, 0.1) is 0 Å². The zero-order chi connectivity index (χ0) is 45.8. The summed E-state index contributed by atoms with van der Waals surface area (Å²) >= 11 is 0. The topological polar surface area (TPSA) is 78.9 Å². The molecule has 6 nitrogen and oxygen atoms in total. The molecule has 1 atom stereocenters. The van der Waals surface area contributed by atoms with Crippen LogP contribution in [0.15, 0.2) is 60.8 Å². The van der Waals surface area contributed by atoms with Crippen molar-refractivity contribution in [2.24, 2.45) is 0 Å². The molecule has 0 N–H and O–H groups in total. The minimum atomic E-state index is -0.788. The number of ether oxygens (including phenoxy) is 3. The van der Waals surface area contributed by atoms with E-state index in [2.05, 4.69) is 81.5 Å². The number of carbonyl (C=O) groups is 3. The first-order valence-electron chi connectivity index (χ1n) is 26.8. The smallest absolute Gasteiger partial charge is 0.306 e. The van der Waals surface area contributed by atoms with Gasteiger partial charge in [-0.05, 0) is 109 Å². The molecule has 0 spiro atoms. The molecule has 0 rings (SSSR count). The SMILES string of the molecule is CCCCC/C=C/C/C=C/CCCCCCCC(=O)OC[C@@H](COC(=O)CCCCCCCCC/C=C/CCCCCC)OC(=O)CCCCCCC/C=C/C/C=C/CCCCC. The van der Waals surface area contributed by atoms with Crippen LogP contribution in [0.5, 0.6) is 0 Å². The summed E-state index contributed by atoms with van der Waals surface area (Å²) < 4.78 is 16.8. The number of hydrogen-bond acceptors (Lipinski definition) is 6. The molecule has 0 unspecified atom stereocenters. The second kappa shape index (κ2) is 51.7. The van der Waals surface area contributed by atoms with Crippen LogP contribution in [0.2, 0.25) is 0 Å². The summed E-state index contributed by atoms with van der Waals surface area (Å²) in [5, 5.41) is 0. The fourth-order valence-electron chi connectivity index (χ4n) is 7.38. The van der Waals surface area contributed by atoms with Crippen molar-refractivity contribution in [1.29, 1.82) is 0 Å². The fourth-order valence-corrected chi connectivity index (χ4v) is 7.38. The third kappa shape index (κ3) is 50.0. The molecule has 6 heteroatoms. The van der Waals surface area contributed by atoms with Gasteiger partial charge in [-0.1, -0.05) is 197 Å². The average Bonchev–Trinajstić information content (AvgIpc) is 3.28. The highest BCUT2D eigenvalue weighted by Crippen LogP contribution is 2.14. The largest absolute Gasteiger partial charge is 0.462 e. The average molecular weight is 881 g/mol. The van der Waals surface area contributed by atoms with Gasteiger partial charge in [-0.15, -0.1) is 0 Å². The van der Waals surface area contributed by atoms with Gasteiger partial charge in [0.25, 0.3) is 0 Å². The van der Waals surface area contributed by atoms with E-state index in [1.807, 2.05) is 0 Å². The van der Waals surface area contributed by atoms with Crippen molar-refractivity contribution in [3.05, 3.63) is 60.8 Å². The molecule has 0 bridgehead atoms. The van der Waals surface area contributed by atoms with Gasteiger partial charge in [0.2, 0.25) is 0 Å². The zero-order valence-electron chi connectivity index (χ0n) is 41.6. The third-order valence-electron chi connectivity index (χ3n) is 11.5. The molecule has 0 aromatic carbocycles. The minimum absolute atomic E-state index is 0.0864. The van der Waals surface area contributed by atoms with E-state index in [1.54, 1.807) is 0 Å². The van der Waals surface area contributed by atoms with Gasteiger partial charge in [-0.25, -0.2) is 0 Å². The molecular formula is C57H100O6. The second-order valence-electron chi connectivity index (χ2n) is 17.8. The van der Waals surface area contributed by atoms with Crippen molar-refractivity contribution >= 4 is 17.9 Å². The first-order valence-corrected chi connectivity index (χ1v) is 26.8. The van der Waals surface area contributed by atoms with E-state index in [0.29, 0.717) is 19.3 Å². The van der Waals surface area contributed by atoms with Crippen LogP contribution in [0.25, 0.3) is 0 Å². The van der Waals surface area contributed by atoms with Crippen molar-refractivity contribution in [2.75, 3.05) is 13.2 Å². The molecule has 63 heavy (non-hydrogen) atoms. The Morgan fingerprint density at radius 3 is 0.921 bits per heavy atom. The standard InChI is InChI=1S/C57H100O6/c1-4-7-10-13-16-19-22-25-28-31-34-37-40-43-46-49-55(58)61-52-54(63-57(60)51-48-45-42-39-36-33-30-27-24-21-18-15-12-9-6-3)53-62-56(59)50-47-44-41-38-35-32-29-26-23-20-17-14-11-8-5-2/h16,18-21,23,25,27-28,30,54H,4-15,17,22,24,26,29,31-53H2,1-3H3/b19-16+,21-18+,23-20+,28-25+,30-27+/t54-/m0/s1. The van der Waals surface area contributed by atoms with E-state index in [0.717, 1.165) is 103 Å². The predicted octanol–water partition coefficient (Wildman–Crippen LogP) is 17.6. The molecule has 0 aromatic rings. The molecule has 0 saturated heterocycles. The highest BCUT2D eigenvalue weighted by molar-refractivity contribution is 5.71. The number of esters is 3. The molecule has 0 radical (unpaired) electrons. The third-order valence-corrected chi connectivity index (χ3v) is 11.5. The van der Waals surface area contributed by atoms with Crippen LogP contribution in [-0.2, 0) is 28.6 Å². The molecule has 0 aliphatic rings. The number of rotatable bonds is 48. The maximum absolute atomic E-state index is 12.8. The summed E-state index contributed by atoms with van der Waals surface area (Å²) in [6.07, 6.45) is 63.4. The predicted molar refractivity (Wildman–Crippen MR) is 270 cm³/mol. The minimum Gasteiger partial charge on any atom is -0.462 e.